The lowest BCUT2D eigenvalue weighted by molar-refractivity contribution is -0.154. The van der Waals surface area contributed by atoms with Crippen LogP contribution in [0.25, 0.3) is 0 Å². The first-order chi connectivity index (χ1) is 12.5. The maximum Gasteiger partial charge on any atom is 0.487 e. The number of hydrogen-bond donors (Lipinski definition) is 1. The molecule has 2 rings (SSSR count). The molecule has 0 aliphatic rings. The lowest BCUT2D eigenvalue weighted by atomic mass is 10.3. The molecule has 7 nitrogen and oxygen atoms in total. The number of benzene rings is 1. The molecule has 0 amide bonds. The van der Waals surface area contributed by atoms with Crippen LogP contribution in [0.2, 0.25) is 0 Å². The molecule has 1 aromatic heterocycles. The quantitative estimate of drug-likeness (QED) is 0.514. The summed E-state index contributed by atoms with van der Waals surface area (Å²) in [5.41, 5.74) is -3.55. The number of nitrogens with one attached hydrogen (secondary N) is 1. The van der Waals surface area contributed by atoms with Crippen LogP contribution in [-0.4, -0.2) is 39.9 Å². The molecule has 0 aliphatic carbocycles. The molecule has 0 fully saturated rings. The molecule has 0 aliphatic heterocycles. The Kier molecular flexibility index (Phi) is 6.41. The van der Waals surface area contributed by atoms with E-state index in [1.165, 1.54) is 24.3 Å². The van der Waals surface area contributed by atoms with Gasteiger partial charge in [0.25, 0.3) is 0 Å². The fourth-order valence-corrected chi connectivity index (χ4v) is 1.76. The van der Waals surface area contributed by atoms with Gasteiger partial charge in [-0.15, -0.1) is 13.8 Å². The van der Waals surface area contributed by atoms with Gasteiger partial charge in [0.15, 0.2) is 6.61 Å². The summed E-state index contributed by atoms with van der Waals surface area (Å²) in [6, 6.07) is 4.18. The lowest BCUT2D eigenvalue weighted by Crippen LogP contribution is -2.20. The van der Waals surface area contributed by atoms with Gasteiger partial charge in [0.05, 0.1) is 6.61 Å². The smallest absolute Gasteiger partial charge is 0.464 e. The number of alkyl halides is 6. The van der Waals surface area contributed by atoms with Gasteiger partial charge in [-0.1, -0.05) is 0 Å². The maximum absolute atomic E-state index is 12.6. The van der Waals surface area contributed by atoms with Crippen LogP contribution in [0.15, 0.2) is 24.3 Å². The van der Waals surface area contributed by atoms with Gasteiger partial charge in [0.2, 0.25) is 5.95 Å². The van der Waals surface area contributed by atoms with Crippen molar-refractivity contribution >= 4 is 23.2 Å². The van der Waals surface area contributed by atoms with Gasteiger partial charge in [0.1, 0.15) is 5.75 Å². The first-order valence-corrected chi connectivity index (χ1v) is 7.63. The normalized spacial score (nSPS) is 11.8. The third-order valence-corrected chi connectivity index (χ3v) is 2.65. The van der Waals surface area contributed by atoms with Crippen molar-refractivity contribution in [2.75, 3.05) is 18.5 Å². The van der Waals surface area contributed by atoms with E-state index in [0.29, 0.717) is 5.69 Å². The van der Waals surface area contributed by atoms with Crippen molar-refractivity contribution in [1.82, 2.24) is 15.0 Å². The van der Waals surface area contributed by atoms with E-state index < -0.39 is 24.4 Å². The Hall–Kier alpha value is -2.63. The first kappa shape index (κ1) is 20.7. The fourth-order valence-electron chi connectivity index (χ4n) is 1.67. The predicted molar refractivity (Wildman–Crippen MR) is 83.7 cm³/mol. The van der Waals surface area contributed by atoms with Crippen molar-refractivity contribution in [2.45, 2.75) is 18.7 Å². The second-order valence-corrected chi connectivity index (χ2v) is 5.20. The van der Waals surface area contributed by atoms with E-state index in [0.717, 1.165) is 0 Å². The summed E-state index contributed by atoms with van der Waals surface area (Å²) in [6.07, 6.45) is -4.58. The third-order valence-electron chi connectivity index (χ3n) is 2.58. The van der Waals surface area contributed by atoms with Crippen LogP contribution in [0.4, 0.5) is 33.6 Å². The summed E-state index contributed by atoms with van der Waals surface area (Å²) in [7, 11) is 0. The number of halogens is 6. The van der Waals surface area contributed by atoms with Crippen molar-refractivity contribution in [1.29, 1.82) is 0 Å². The minimum atomic E-state index is -4.58. The zero-order valence-corrected chi connectivity index (χ0v) is 14.3. The van der Waals surface area contributed by atoms with Crippen LogP contribution in [0, 0.1) is 0 Å². The molecule has 148 valence electrons. The van der Waals surface area contributed by atoms with E-state index in [4.69, 9.17) is 4.74 Å². The van der Waals surface area contributed by atoms with Gasteiger partial charge in [-0.05, 0) is 31.2 Å². The monoisotopic (exact) mass is 414 g/mol. The summed E-state index contributed by atoms with van der Waals surface area (Å²) >= 11 is 4.66. The molecule has 0 bridgehead atoms. The number of aromatic nitrogens is 3. The second kappa shape index (κ2) is 8.37. The zero-order chi connectivity index (χ0) is 20.1. The minimum Gasteiger partial charge on any atom is -0.464 e. The Balaban J connectivity index is 2.15. The first-order valence-electron chi connectivity index (χ1n) is 7.25. The summed E-state index contributed by atoms with van der Waals surface area (Å²) in [4.78, 5) is 11.1. The highest BCUT2D eigenvalue weighted by atomic mass is 35.5. The van der Waals surface area contributed by atoms with E-state index in [9.17, 15) is 22.0 Å². The Morgan fingerprint density at radius 1 is 0.963 bits per heavy atom. The molecule has 0 saturated heterocycles. The average molecular weight is 415 g/mol. The van der Waals surface area contributed by atoms with Crippen molar-refractivity contribution in [3.8, 4) is 17.8 Å². The number of anilines is 2. The van der Waals surface area contributed by atoms with Gasteiger partial charge in [-0.25, -0.2) is 0 Å². The molecule has 0 saturated carbocycles. The van der Waals surface area contributed by atoms with E-state index in [2.05, 4.69) is 41.3 Å². The van der Waals surface area contributed by atoms with Crippen molar-refractivity contribution < 1.29 is 36.2 Å². The Bertz CT molecular complexity index is 756. The van der Waals surface area contributed by atoms with Gasteiger partial charge < -0.3 is 19.5 Å². The van der Waals surface area contributed by atoms with Crippen LogP contribution in [-0.2, 0) is 0 Å². The summed E-state index contributed by atoms with van der Waals surface area (Å²) < 4.78 is 75.6. The molecule has 1 aromatic carbocycles. The molecular weight excluding hydrogens is 403 g/mol. The lowest BCUT2D eigenvalue weighted by Gasteiger charge is -2.12. The van der Waals surface area contributed by atoms with E-state index in [-0.39, 0.29) is 24.3 Å². The fraction of sp³-hybridized carbons (Fsp3) is 0.357. The highest BCUT2D eigenvalue weighted by Gasteiger charge is 2.29. The minimum absolute atomic E-state index is 0.154. The Morgan fingerprint density at radius 3 is 2.07 bits per heavy atom. The largest absolute Gasteiger partial charge is 0.487 e. The highest BCUT2D eigenvalue weighted by Crippen LogP contribution is 2.27. The van der Waals surface area contributed by atoms with Crippen LogP contribution in [0.1, 0.15) is 6.92 Å². The standard InChI is InChI=1S/C14H12ClF5N4O3/c1-2-25-11-22-10(23-12(24-11)26-7-13(16,17)18)21-8-3-5-9(6-4-8)27-14(15,19)20/h3-6H,2,7H2,1H3,(H,21,22,23,24). The number of hydrogen-bond acceptors (Lipinski definition) is 7. The molecule has 27 heavy (non-hydrogen) atoms. The van der Waals surface area contributed by atoms with Crippen LogP contribution in [0.3, 0.4) is 0 Å². The maximum atomic E-state index is 12.6. The van der Waals surface area contributed by atoms with Crippen LogP contribution >= 0.6 is 11.6 Å². The molecule has 0 radical (unpaired) electrons. The number of nitrogens with zero attached hydrogens (tertiary/aromatic N) is 3. The molecule has 0 unspecified atom stereocenters. The Labute approximate surface area is 154 Å². The van der Waals surface area contributed by atoms with E-state index in [1.807, 2.05) is 0 Å². The van der Waals surface area contributed by atoms with Gasteiger partial charge in [-0.2, -0.15) is 23.1 Å². The van der Waals surface area contributed by atoms with Crippen molar-refractivity contribution in [2.24, 2.45) is 0 Å². The third kappa shape index (κ3) is 7.64. The predicted octanol–water partition coefficient (Wildman–Crippen LogP) is 4.12. The molecule has 0 spiro atoms. The summed E-state index contributed by atoms with van der Waals surface area (Å²) in [5.74, 6) is -0.387. The molecule has 1 N–H and O–H groups in total. The molecule has 2 aromatic rings. The molecule has 0 atom stereocenters. The van der Waals surface area contributed by atoms with Crippen LogP contribution in [0.5, 0.6) is 17.8 Å². The number of rotatable bonds is 8. The molecule has 1 heterocycles. The van der Waals surface area contributed by atoms with Gasteiger partial charge in [0, 0.05) is 17.3 Å². The summed E-state index contributed by atoms with van der Waals surface area (Å²) in [6.45, 7) is 0.181. The van der Waals surface area contributed by atoms with E-state index in [1.54, 1.807) is 6.92 Å². The topological polar surface area (TPSA) is 78.4 Å². The zero-order valence-electron chi connectivity index (χ0n) is 13.6. The highest BCUT2D eigenvalue weighted by molar-refractivity contribution is 6.20. The van der Waals surface area contributed by atoms with Gasteiger partial charge in [-0.3, -0.25) is 0 Å². The van der Waals surface area contributed by atoms with Crippen molar-refractivity contribution in [3.63, 3.8) is 0 Å². The number of ether oxygens (including phenoxy) is 3. The Morgan fingerprint density at radius 2 is 1.56 bits per heavy atom. The van der Waals surface area contributed by atoms with Gasteiger partial charge >= 0.3 is 23.8 Å². The SMILES string of the molecule is CCOc1nc(Nc2ccc(OC(F)(F)Cl)cc2)nc(OCC(F)(F)F)n1. The molecule has 13 heteroatoms. The van der Waals surface area contributed by atoms with Crippen molar-refractivity contribution in [3.05, 3.63) is 24.3 Å². The van der Waals surface area contributed by atoms with E-state index >= 15 is 0 Å². The second-order valence-electron chi connectivity index (χ2n) is 4.76. The molecular formula is C14H12ClF5N4O3. The average Bonchev–Trinajstić information content (AvgIpc) is 2.53. The van der Waals surface area contributed by atoms with Crippen LogP contribution < -0.4 is 19.5 Å². The summed E-state index contributed by atoms with van der Waals surface area (Å²) in [5, 5.41) is 2.65.